The minimum Gasteiger partial charge on any atom is -0.507 e. The summed E-state index contributed by atoms with van der Waals surface area (Å²) in [6, 6.07) is 14.8. The second-order valence-electron chi connectivity index (χ2n) is 6.99. The van der Waals surface area contributed by atoms with Crippen molar-refractivity contribution >= 4 is 23.2 Å². The Morgan fingerprint density at radius 2 is 1.64 bits per heavy atom. The van der Waals surface area contributed by atoms with Gasteiger partial charge in [-0.3, -0.25) is 0 Å². The van der Waals surface area contributed by atoms with Crippen LogP contribution in [-0.2, 0) is 4.79 Å². The molecule has 2 aromatic rings. The predicted molar refractivity (Wildman–Crippen MR) is 113 cm³/mol. The number of piperidine rings is 1. The summed E-state index contributed by atoms with van der Waals surface area (Å²) in [6.45, 7) is 1.73. The number of hydrogen-bond donors (Lipinski definition) is 4. The molecule has 1 aliphatic heterocycles. The summed E-state index contributed by atoms with van der Waals surface area (Å²) in [4.78, 5) is 13.2. The Morgan fingerprint density at radius 1 is 1.00 bits per heavy atom. The van der Waals surface area contributed by atoms with Crippen LogP contribution in [-0.4, -0.2) is 24.5 Å². The Labute approximate surface area is 164 Å². The van der Waals surface area contributed by atoms with Crippen molar-refractivity contribution in [1.29, 1.82) is 0 Å². The number of aromatic hydroxyl groups is 1. The second kappa shape index (κ2) is 8.52. The molecule has 1 saturated heterocycles. The molecule has 0 saturated carbocycles. The third kappa shape index (κ3) is 4.28. The van der Waals surface area contributed by atoms with Gasteiger partial charge < -0.3 is 32.0 Å². The van der Waals surface area contributed by atoms with Crippen LogP contribution < -0.4 is 22.1 Å². The third-order valence-corrected chi connectivity index (χ3v) is 5.10. The number of carbonyl (C=O) groups excluding carboxylic acids is 1. The molecule has 0 radical (unpaired) electrons. The van der Waals surface area contributed by atoms with E-state index in [1.807, 2.05) is 24.3 Å². The summed E-state index contributed by atoms with van der Waals surface area (Å²) in [6.07, 6.45) is 4.50. The standard InChI is InChI=1S/C22H26N4O2/c23-20(18-3-1-2-4-21(18)28)13-19(22(24)25)16-5-7-17(8-6-16)26-11-9-15(14-27)10-12-26/h1-8,13-15,28H,9-12,23-25H2/b20-13-. The predicted octanol–water partition coefficient (Wildman–Crippen LogP) is 2.39. The van der Waals surface area contributed by atoms with E-state index < -0.39 is 0 Å². The first-order chi connectivity index (χ1) is 13.5. The number of anilines is 1. The van der Waals surface area contributed by atoms with E-state index in [1.165, 1.54) is 0 Å². The molecular formula is C22H26N4O2. The first-order valence-electron chi connectivity index (χ1n) is 9.31. The lowest BCUT2D eigenvalue weighted by atomic mass is 9.97. The van der Waals surface area contributed by atoms with Crippen LogP contribution in [0.3, 0.4) is 0 Å². The lowest BCUT2D eigenvalue weighted by Crippen LogP contribution is -2.34. The fraction of sp³-hybridized carbons (Fsp3) is 0.227. The number of allylic oxidation sites excluding steroid dienone is 2. The first-order valence-corrected chi connectivity index (χ1v) is 9.31. The van der Waals surface area contributed by atoms with Crippen LogP contribution in [0.25, 0.3) is 11.3 Å². The maximum absolute atomic E-state index is 10.9. The number of hydrogen-bond acceptors (Lipinski definition) is 6. The largest absolute Gasteiger partial charge is 0.507 e. The van der Waals surface area contributed by atoms with Crippen LogP contribution in [0.2, 0.25) is 0 Å². The summed E-state index contributed by atoms with van der Waals surface area (Å²) in [5.74, 6) is 0.419. The van der Waals surface area contributed by atoms with Gasteiger partial charge in [0.1, 0.15) is 17.9 Å². The monoisotopic (exact) mass is 378 g/mol. The van der Waals surface area contributed by atoms with E-state index in [4.69, 9.17) is 17.2 Å². The molecule has 1 heterocycles. The van der Waals surface area contributed by atoms with Crippen LogP contribution in [0, 0.1) is 5.92 Å². The first kappa shape index (κ1) is 19.4. The fourth-order valence-corrected chi connectivity index (χ4v) is 3.43. The molecule has 0 amide bonds. The number of benzene rings is 2. The van der Waals surface area contributed by atoms with Gasteiger partial charge in [0.05, 0.1) is 0 Å². The van der Waals surface area contributed by atoms with Gasteiger partial charge >= 0.3 is 0 Å². The number of phenols is 1. The molecule has 1 aliphatic rings. The fourth-order valence-electron chi connectivity index (χ4n) is 3.43. The van der Waals surface area contributed by atoms with Crippen molar-refractivity contribution in [3.8, 4) is 5.75 Å². The van der Waals surface area contributed by atoms with Gasteiger partial charge in [0, 0.05) is 41.5 Å². The van der Waals surface area contributed by atoms with Crippen LogP contribution in [0.4, 0.5) is 5.69 Å². The summed E-state index contributed by atoms with van der Waals surface area (Å²) >= 11 is 0. The number of nitrogens with zero attached hydrogens (tertiary/aromatic N) is 1. The van der Waals surface area contributed by atoms with Gasteiger partial charge in [0.15, 0.2) is 0 Å². The highest BCUT2D eigenvalue weighted by Crippen LogP contribution is 2.28. The molecule has 1 fully saturated rings. The molecule has 0 atom stereocenters. The maximum atomic E-state index is 10.9. The highest BCUT2D eigenvalue weighted by Gasteiger charge is 2.18. The van der Waals surface area contributed by atoms with E-state index in [2.05, 4.69) is 4.90 Å². The molecule has 0 aliphatic carbocycles. The molecular weight excluding hydrogens is 352 g/mol. The van der Waals surface area contributed by atoms with E-state index in [0.29, 0.717) is 16.8 Å². The van der Waals surface area contributed by atoms with E-state index in [9.17, 15) is 9.90 Å². The van der Waals surface area contributed by atoms with E-state index in [1.54, 1.807) is 30.3 Å². The SMILES string of the molecule is NC(N)=C(/C=C(\N)c1ccccc1O)c1ccc(N2CCC(C=O)CC2)cc1. The van der Waals surface area contributed by atoms with Crippen molar-refractivity contribution in [1.82, 2.24) is 0 Å². The number of carbonyl (C=O) groups is 1. The third-order valence-electron chi connectivity index (χ3n) is 5.10. The van der Waals surface area contributed by atoms with Crippen molar-refractivity contribution in [2.75, 3.05) is 18.0 Å². The lowest BCUT2D eigenvalue weighted by molar-refractivity contribution is -0.111. The zero-order valence-corrected chi connectivity index (χ0v) is 15.7. The molecule has 28 heavy (non-hydrogen) atoms. The van der Waals surface area contributed by atoms with E-state index >= 15 is 0 Å². The zero-order chi connectivity index (χ0) is 20.1. The van der Waals surface area contributed by atoms with Crippen molar-refractivity contribution in [2.24, 2.45) is 23.1 Å². The molecule has 0 aromatic heterocycles. The Bertz CT molecular complexity index is 891. The van der Waals surface area contributed by atoms with Gasteiger partial charge in [-0.2, -0.15) is 0 Å². The van der Waals surface area contributed by atoms with Crippen molar-refractivity contribution in [3.63, 3.8) is 0 Å². The summed E-state index contributed by atoms with van der Waals surface area (Å²) in [5.41, 5.74) is 21.4. The molecule has 0 unspecified atom stereocenters. The average molecular weight is 378 g/mol. The van der Waals surface area contributed by atoms with Gasteiger partial charge in [-0.1, -0.05) is 24.3 Å². The summed E-state index contributed by atoms with van der Waals surface area (Å²) < 4.78 is 0. The average Bonchev–Trinajstić information content (AvgIpc) is 2.72. The Morgan fingerprint density at radius 3 is 2.21 bits per heavy atom. The smallest absolute Gasteiger partial charge is 0.124 e. The van der Waals surface area contributed by atoms with Gasteiger partial charge in [0.25, 0.3) is 0 Å². The molecule has 2 aromatic carbocycles. The Kier molecular flexibility index (Phi) is 5.89. The molecule has 0 bridgehead atoms. The van der Waals surface area contributed by atoms with Gasteiger partial charge in [-0.05, 0) is 48.7 Å². The normalized spacial score (nSPS) is 15.3. The molecule has 7 N–H and O–H groups in total. The van der Waals surface area contributed by atoms with Crippen LogP contribution in [0.15, 0.2) is 60.4 Å². The number of aldehydes is 1. The molecule has 146 valence electrons. The number of phenolic OH excluding ortho intramolecular Hbond substituents is 1. The number of para-hydroxylation sites is 1. The highest BCUT2D eigenvalue weighted by molar-refractivity contribution is 5.85. The highest BCUT2D eigenvalue weighted by atomic mass is 16.3. The van der Waals surface area contributed by atoms with Crippen molar-refractivity contribution in [2.45, 2.75) is 12.8 Å². The Balaban J connectivity index is 1.82. The number of nitrogens with two attached hydrogens (primary N) is 3. The zero-order valence-electron chi connectivity index (χ0n) is 15.7. The van der Waals surface area contributed by atoms with Crippen molar-refractivity contribution < 1.29 is 9.90 Å². The Hall–Kier alpha value is -3.41. The van der Waals surface area contributed by atoms with Crippen LogP contribution in [0.1, 0.15) is 24.0 Å². The molecule has 3 rings (SSSR count). The van der Waals surface area contributed by atoms with Crippen molar-refractivity contribution in [3.05, 3.63) is 71.6 Å². The second-order valence-corrected chi connectivity index (χ2v) is 6.99. The lowest BCUT2D eigenvalue weighted by Gasteiger charge is -2.31. The van der Waals surface area contributed by atoms with E-state index in [0.717, 1.165) is 43.5 Å². The van der Waals surface area contributed by atoms with Crippen LogP contribution in [0.5, 0.6) is 5.75 Å². The molecule has 6 nitrogen and oxygen atoms in total. The maximum Gasteiger partial charge on any atom is 0.124 e. The quantitative estimate of drug-likeness (QED) is 0.469. The molecule has 0 spiro atoms. The topological polar surface area (TPSA) is 119 Å². The van der Waals surface area contributed by atoms with E-state index in [-0.39, 0.29) is 17.5 Å². The summed E-state index contributed by atoms with van der Waals surface area (Å²) in [7, 11) is 0. The number of rotatable bonds is 5. The van der Waals surface area contributed by atoms with Gasteiger partial charge in [-0.15, -0.1) is 0 Å². The molecule has 6 heteroatoms. The summed E-state index contributed by atoms with van der Waals surface area (Å²) in [5, 5.41) is 9.99. The minimum atomic E-state index is 0.0975. The van der Waals surface area contributed by atoms with Gasteiger partial charge in [-0.25, -0.2) is 0 Å². The van der Waals surface area contributed by atoms with Gasteiger partial charge in [0.2, 0.25) is 0 Å². The van der Waals surface area contributed by atoms with Crippen LogP contribution >= 0.6 is 0 Å². The minimum absolute atomic E-state index is 0.0975.